The first-order chi connectivity index (χ1) is 8.52. The summed E-state index contributed by atoms with van der Waals surface area (Å²) in [7, 11) is 0. The van der Waals surface area contributed by atoms with Gasteiger partial charge in [-0.05, 0) is 18.2 Å². The van der Waals surface area contributed by atoms with Crippen molar-refractivity contribution in [1.29, 1.82) is 0 Å². The third-order valence-corrected chi connectivity index (χ3v) is 3.35. The first-order valence-corrected chi connectivity index (χ1v) is 6.03. The molecule has 0 aliphatic carbocycles. The minimum Gasteiger partial charge on any atom is -0.258 e. The highest BCUT2D eigenvalue weighted by Crippen LogP contribution is 2.43. The van der Waals surface area contributed by atoms with Crippen molar-refractivity contribution in [3.8, 4) is 11.1 Å². The summed E-state index contributed by atoms with van der Waals surface area (Å²) in [4.78, 5) is 10.5. The lowest BCUT2D eigenvalue weighted by molar-refractivity contribution is -0.384. The van der Waals surface area contributed by atoms with Crippen LogP contribution in [0.1, 0.15) is 0 Å². The fourth-order valence-corrected chi connectivity index (χ4v) is 2.50. The predicted octanol–water partition coefficient (Wildman–Crippen LogP) is 5.22. The second kappa shape index (κ2) is 5.14. The van der Waals surface area contributed by atoms with E-state index in [0.717, 1.165) is 0 Å². The molecule has 0 fully saturated rings. The Morgan fingerprint density at radius 3 is 1.78 bits per heavy atom. The maximum Gasteiger partial charge on any atom is 0.278 e. The van der Waals surface area contributed by atoms with Crippen molar-refractivity contribution in [3.63, 3.8) is 0 Å². The molecule has 18 heavy (non-hydrogen) atoms. The van der Waals surface area contributed by atoms with Crippen LogP contribution in [0.15, 0.2) is 36.4 Å². The topological polar surface area (TPSA) is 43.1 Å². The van der Waals surface area contributed by atoms with Crippen molar-refractivity contribution in [1.82, 2.24) is 0 Å². The van der Waals surface area contributed by atoms with Crippen LogP contribution < -0.4 is 0 Å². The Morgan fingerprint density at radius 2 is 1.28 bits per heavy atom. The molecule has 0 aliphatic rings. The summed E-state index contributed by atoms with van der Waals surface area (Å²) in [5, 5.41) is 11.9. The van der Waals surface area contributed by atoms with E-state index in [2.05, 4.69) is 0 Å². The third kappa shape index (κ3) is 2.29. The highest BCUT2D eigenvalue weighted by atomic mass is 35.5. The number of nitrogens with zero attached hydrogens (tertiary/aromatic N) is 1. The molecule has 3 nitrogen and oxygen atoms in total. The average molecular weight is 303 g/mol. The molecule has 0 saturated heterocycles. The van der Waals surface area contributed by atoms with Gasteiger partial charge in [0.1, 0.15) is 0 Å². The molecule has 6 heteroatoms. The standard InChI is InChI=1S/C12H6Cl3NO2/c13-7-3-1-4-8(14)11(7)12-9(15)5-2-6-10(12)16(17)18/h1-6H. The Morgan fingerprint density at radius 1 is 0.833 bits per heavy atom. The first-order valence-electron chi connectivity index (χ1n) is 4.89. The van der Waals surface area contributed by atoms with E-state index in [1.807, 2.05) is 0 Å². The van der Waals surface area contributed by atoms with Crippen LogP contribution in [-0.2, 0) is 0 Å². The summed E-state index contributed by atoms with van der Waals surface area (Å²) in [5.41, 5.74) is 0.482. The molecule has 0 spiro atoms. The van der Waals surface area contributed by atoms with Crippen LogP contribution in [0.4, 0.5) is 5.69 Å². The Hall–Kier alpha value is -1.29. The third-order valence-electron chi connectivity index (χ3n) is 2.40. The lowest BCUT2D eigenvalue weighted by atomic mass is 10.0. The van der Waals surface area contributed by atoms with Crippen LogP contribution in [0.5, 0.6) is 0 Å². The van der Waals surface area contributed by atoms with Crippen molar-refractivity contribution >= 4 is 40.5 Å². The average Bonchev–Trinajstić information content (AvgIpc) is 2.30. The molecule has 2 rings (SSSR count). The fourth-order valence-electron chi connectivity index (χ4n) is 1.65. The molecule has 2 aromatic rings. The van der Waals surface area contributed by atoms with Crippen molar-refractivity contribution in [2.75, 3.05) is 0 Å². The summed E-state index contributed by atoms with van der Waals surface area (Å²) in [6, 6.07) is 9.31. The molecular formula is C12H6Cl3NO2. The molecule has 0 saturated carbocycles. The molecule has 0 radical (unpaired) electrons. The summed E-state index contributed by atoms with van der Waals surface area (Å²) >= 11 is 18.1. The van der Waals surface area contributed by atoms with Crippen LogP contribution in [0, 0.1) is 10.1 Å². The van der Waals surface area contributed by atoms with Crippen LogP contribution >= 0.6 is 34.8 Å². The SMILES string of the molecule is O=[N+]([O-])c1cccc(Cl)c1-c1c(Cl)cccc1Cl. The largest absolute Gasteiger partial charge is 0.278 e. The second-order valence-corrected chi connectivity index (χ2v) is 4.71. The van der Waals surface area contributed by atoms with Gasteiger partial charge in [-0.1, -0.05) is 46.9 Å². The van der Waals surface area contributed by atoms with Gasteiger partial charge in [-0.2, -0.15) is 0 Å². The smallest absolute Gasteiger partial charge is 0.258 e. The zero-order valence-electron chi connectivity index (χ0n) is 8.86. The molecular weight excluding hydrogens is 296 g/mol. The molecule has 0 bridgehead atoms. The molecule has 0 unspecified atom stereocenters. The highest BCUT2D eigenvalue weighted by Gasteiger charge is 2.22. The maximum absolute atomic E-state index is 11.0. The van der Waals surface area contributed by atoms with Crippen molar-refractivity contribution < 1.29 is 4.92 Å². The van der Waals surface area contributed by atoms with Crippen molar-refractivity contribution in [2.45, 2.75) is 0 Å². The second-order valence-electron chi connectivity index (χ2n) is 3.49. The van der Waals surface area contributed by atoms with Crippen molar-refractivity contribution in [3.05, 3.63) is 61.6 Å². The molecule has 92 valence electrons. The molecule has 0 atom stereocenters. The fraction of sp³-hybridized carbons (Fsp3) is 0. The predicted molar refractivity (Wildman–Crippen MR) is 73.6 cm³/mol. The van der Waals surface area contributed by atoms with Crippen LogP contribution in [0.2, 0.25) is 15.1 Å². The van der Waals surface area contributed by atoms with Gasteiger partial charge in [0.25, 0.3) is 5.69 Å². The molecule has 0 N–H and O–H groups in total. The molecule has 0 aromatic heterocycles. The summed E-state index contributed by atoms with van der Waals surface area (Å²) in [6.07, 6.45) is 0. The van der Waals surface area contributed by atoms with Gasteiger partial charge < -0.3 is 0 Å². The van der Waals surface area contributed by atoms with Gasteiger partial charge in [0.05, 0.1) is 25.6 Å². The number of nitro groups is 1. The maximum atomic E-state index is 11.0. The van der Waals surface area contributed by atoms with Crippen molar-refractivity contribution in [2.24, 2.45) is 0 Å². The van der Waals surface area contributed by atoms with E-state index in [1.54, 1.807) is 24.3 Å². The summed E-state index contributed by atoms with van der Waals surface area (Å²) < 4.78 is 0. The number of nitro benzene ring substituents is 1. The Labute approximate surface area is 118 Å². The lowest BCUT2D eigenvalue weighted by Gasteiger charge is -2.09. The van der Waals surface area contributed by atoms with Gasteiger partial charge in [0.2, 0.25) is 0 Å². The number of hydrogen-bond donors (Lipinski definition) is 0. The summed E-state index contributed by atoms with van der Waals surface area (Å²) in [6.45, 7) is 0. The molecule has 0 amide bonds. The monoisotopic (exact) mass is 301 g/mol. The number of hydrogen-bond acceptors (Lipinski definition) is 2. The van der Waals surface area contributed by atoms with Gasteiger partial charge in [-0.15, -0.1) is 0 Å². The van der Waals surface area contributed by atoms with E-state index in [0.29, 0.717) is 15.6 Å². The lowest BCUT2D eigenvalue weighted by Crippen LogP contribution is -1.93. The number of benzene rings is 2. The van der Waals surface area contributed by atoms with Crippen LogP contribution in [0.25, 0.3) is 11.1 Å². The van der Waals surface area contributed by atoms with E-state index >= 15 is 0 Å². The molecule has 0 aliphatic heterocycles. The minimum atomic E-state index is -0.513. The van der Waals surface area contributed by atoms with Crippen LogP contribution in [0.3, 0.4) is 0 Å². The van der Waals surface area contributed by atoms with Gasteiger partial charge in [0.15, 0.2) is 0 Å². The van der Waals surface area contributed by atoms with Gasteiger partial charge in [0, 0.05) is 11.6 Å². The highest BCUT2D eigenvalue weighted by molar-refractivity contribution is 6.41. The van der Waals surface area contributed by atoms with Crippen LogP contribution in [-0.4, -0.2) is 4.92 Å². The Bertz CT molecular complexity index is 608. The van der Waals surface area contributed by atoms with E-state index in [-0.39, 0.29) is 16.3 Å². The van der Waals surface area contributed by atoms with Gasteiger partial charge in [-0.3, -0.25) is 10.1 Å². The minimum absolute atomic E-state index is 0.127. The number of halogens is 3. The zero-order valence-corrected chi connectivity index (χ0v) is 11.1. The van der Waals surface area contributed by atoms with Gasteiger partial charge >= 0.3 is 0 Å². The molecule has 2 aromatic carbocycles. The number of rotatable bonds is 2. The zero-order chi connectivity index (χ0) is 13.3. The molecule has 0 heterocycles. The van der Waals surface area contributed by atoms with E-state index in [4.69, 9.17) is 34.8 Å². The van der Waals surface area contributed by atoms with Gasteiger partial charge in [-0.25, -0.2) is 0 Å². The first kappa shape index (κ1) is 13.1. The van der Waals surface area contributed by atoms with E-state index in [9.17, 15) is 10.1 Å². The van der Waals surface area contributed by atoms with E-state index < -0.39 is 4.92 Å². The Kier molecular flexibility index (Phi) is 3.76. The normalized spacial score (nSPS) is 10.4. The summed E-state index contributed by atoms with van der Waals surface area (Å²) in [5.74, 6) is 0. The quantitative estimate of drug-likeness (QED) is 0.563. The van der Waals surface area contributed by atoms with E-state index in [1.165, 1.54) is 12.1 Å². The Balaban J connectivity index is 2.82.